The highest BCUT2D eigenvalue weighted by Gasteiger charge is 2.34. The molecule has 0 bridgehead atoms. The van der Waals surface area contributed by atoms with Gasteiger partial charge in [-0.15, -0.1) is 0 Å². The number of carbonyl (C=O) groups excluding carboxylic acids is 1. The number of alkyl halides is 6. The molecule has 1 aromatic heterocycles. The lowest BCUT2D eigenvalue weighted by Crippen LogP contribution is -2.16. The van der Waals surface area contributed by atoms with E-state index in [0.29, 0.717) is 5.56 Å². The maximum atomic E-state index is 11.3. The predicted octanol–water partition coefficient (Wildman–Crippen LogP) is 5.57. The van der Waals surface area contributed by atoms with Gasteiger partial charge in [0, 0.05) is 11.1 Å². The highest BCUT2D eigenvalue weighted by atomic mass is 35.6. The van der Waals surface area contributed by atoms with Crippen LogP contribution >= 0.6 is 81.2 Å². The normalized spacial score (nSPS) is 12.3. The summed E-state index contributed by atoms with van der Waals surface area (Å²) in [6.07, 6.45) is 0. The summed E-state index contributed by atoms with van der Waals surface area (Å²) in [5.74, 6) is -0.393. The van der Waals surface area contributed by atoms with Crippen molar-refractivity contribution in [2.24, 2.45) is 0 Å². The van der Waals surface area contributed by atoms with E-state index < -0.39 is 12.8 Å². The third-order valence-corrected chi connectivity index (χ3v) is 3.72. The van der Waals surface area contributed by atoms with Crippen molar-refractivity contribution in [1.82, 2.24) is 15.0 Å². The summed E-state index contributed by atoms with van der Waals surface area (Å²) in [6, 6.07) is 6.17. The molecule has 0 amide bonds. The first-order chi connectivity index (χ1) is 10.5. The van der Waals surface area contributed by atoms with Crippen LogP contribution in [0.5, 0.6) is 0 Å². The van der Waals surface area contributed by atoms with Crippen LogP contribution in [0.3, 0.4) is 0 Å². The number of carbonyl (C=O) groups is 1. The molecule has 2 rings (SSSR count). The predicted molar refractivity (Wildman–Crippen MR) is 93.9 cm³/mol. The van der Waals surface area contributed by atoms with Gasteiger partial charge in [-0.3, -0.25) is 4.79 Å². The summed E-state index contributed by atoms with van der Waals surface area (Å²) < 4.78 is -3.91. The van der Waals surface area contributed by atoms with Crippen LogP contribution in [0.15, 0.2) is 24.3 Å². The summed E-state index contributed by atoms with van der Waals surface area (Å²) in [4.78, 5) is 23.2. The Kier molecular flexibility index (Phi) is 5.90. The van der Waals surface area contributed by atoms with Gasteiger partial charge in [0.15, 0.2) is 17.5 Å². The van der Waals surface area contributed by atoms with Crippen LogP contribution in [-0.4, -0.2) is 20.2 Å². The van der Waals surface area contributed by atoms with E-state index in [4.69, 9.17) is 81.2 Å². The SMILES string of the molecule is O=C(Cl)c1cccc(-c2nc(C(Cl)(Cl)Cl)nc(C(Cl)(Cl)Cl)n2)c1. The number of hydrogen-bond donors (Lipinski definition) is 0. The standard InChI is InChI=1S/C12H4Cl7N3O/c13-7(23)5-2-1-3-6(4-5)8-20-9(11(14,15)16)22-10(21-8)12(17,18)19/h1-4H. The number of benzene rings is 1. The Morgan fingerprint density at radius 2 is 1.39 bits per heavy atom. The van der Waals surface area contributed by atoms with Crippen LogP contribution in [0.1, 0.15) is 22.0 Å². The van der Waals surface area contributed by atoms with Crippen LogP contribution in [0.4, 0.5) is 0 Å². The summed E-state index contributed by atoms with van der Waals surface area (Å²) in [6.45, 7) is 0. The Morgan fingerprint density at radius 1 is 0.870 bits per heavy atom. The van der Waals surface area contributed by atoms with Gasteiger partial charge < -0.3 is 0 Å². The lowest BCUT2D eigenvalue weighted by Gasteiger charge is -2.15. The fourth-order valence-corrected chi connectivity index (χ4v) is 2.16. The van der Waals surface area contributed by atoms with Crippen LogP contribution in [-0.2, 0) is 7.59 Å². The maximum absolute atomic E-state index is 11.3. The van der Waals surface area contributed by atoms with E-state index in [1.54, 1.807) is 12.1 Å². The third kappa shape index (κ3) is 4.95. The van der Waals surface area contributed by atoms with E-state index in [9.17, 15) is 4.79 Å². The highest BCUT2D eigenvalue weighted by Crippen LogP contribution is 2.40. The molecule has 0 fully saturated rings. The molecule has 0 unspecified atom stereocenters. The number of rotatable bonds is 2. The second-order valence-corrected chi connectivity index (χ2v) is 9.06. The van der Waals surface area contributed by atoms with E-state index in [0.717, 1.165) is 0 Å². The molecule has 0 aliphatic heterocycles. The molecule has 0 radical (unpaired) electrons. The Morgan fingerprint density at radius 3 is 1.83 bits per heavy atom. The zero-order chi connectivity index (χ0) is 17.4. The van der Waals surface area contributed by atoms with Crippen molar-refractivity contribution < 1.29 is 4.79 Å². The Balaban J connectivity index is 2.67. The van der Waals surface area contributed by atoms with Crippen LogP contribution in [0.2, 0.25) is 0 Å². The Labute approximate surface area is 166 Å². The van der Waals surface area contributed by atoms with Gasteiger partial charge in [-0.05, 0) is 17.7 Å². The minimum atomic E-state index is -1.96. The molecule has 122 valence electrons. The summed E-state index contributed by atoms with van der Waals surface area (Å²) in [5.41, 5.74) is 0.639. The molecule has 0 saturated heterocycles. The smallest absolute Gasteiger partial charge is 0.252 e. The summed E-state index contributed by atoms with van der Waals surface area (Å²) in [7, 11) is 0. The first-order valence-electron chi connectivity index (χ1n) is 5.69. The maximum Gasteiger partial charge on any atom is 0.252 e. The van der Waals surface area contributed by atoms with Crippen LogP contribution in [0, 0.1) is 0 Å². The van der Waals surface area contributed by atoms with Crippen molar-refractivity contribution in [3.05, 3.63) is 41.5 Å². The van der Waals surface area contributed by atoms with Crippen LogP contribution < -0.4 is 0 Å². The topological polar surface area (TPSA) is 55.7 Å². The molecule has 0 aliphatic carbocycles. The zero-order valence-corrected chi connectivity index (χ0v) is 16.0. The van der Waals surface area contributed by atoms with E-state index in [1.165, 1.54) is 12.1 Å². The second kappa shape index (κ2) is 7.04. The molecule has 1 heterocycles. The molecule has 0 spiro atoms. The fourth-order valence-electron chi connectivity index (χ4n) is 1.54. The molecule has 0 atom stereocenters. The lowest BCUT2D eigenvalue weighted by molar-refractivity contribution is 0.108. The van der Waals surface area contributed by atoms with Gasteiger partial charge in [0.05, 0.1) is 0 Å². The zero-order valence-electron chi connectivity index (χ0n) is 10.7. The Bertz CT molecular complexity index is 723. The highest BCUT2D eigenvalue weighted by molar-refractivity contribution is 6.68. The third-order valence-electron chi connectivity index (χ3n) is 2.49. The van der Waals surface area contributed by atoms with Crippen molar-refractivity contribution in [2.45, 2.75) is 7.59 Å². The first kappa shape index (κ1) is 19.3. The van der Waals surface area contributed by atoms with Crippen molar-refractivity contribution >= 4 is 86.4 Å². The molecular formula is C12H4Cl7N3O. The molecule has 2 aromatic rings. The molecule has 1 aromatic carbocycles. The van der Waals surface area contributed by atoms with Gasteiger partial charge >= 0.3 is 0 Å². The molecule has 0 N–H and O–H groups in total. The van der Waals surface area contributed by atoms with Gasteiger partial charge in [-0.2, -0.15) is 0 Å². The monoisotopic (exact) mass is 451 g/mol. The van der Waals surface area contributed by atoms with Crippen molar-refractivity contribution in [3.63, 3.8) is 0 Å². The van der Waals surface area contributed by atoms with E-state index in [-0.39, 0.29) is 23.0 Å². The number of halogens is 7. The van der Waals surface area contributed by atoms with E-state index >= 15 is 0 Å². The minimum absolute atomic E-state index is 0.0578. The number of nitrogens with zero attached hydrogens (tertiary/aromatic N) is 3. The van der Waals surface area contributed by atoms with Gasteiger partial charge in [-0.25, -0.2) is 15.0 Å². The molecule has 11 heteroatoms. The minimum Gasteiger partial charge on any atom is -0.276 e. The number of hydrogen-bond acceptors (Lipinski definition) is 4. The molecule has 0 saturated carbocycles. The van der Waals surface area contributed by atoms with Gasteiger partial charge in [0.1, 0.15) is 0 Å². The first-order valence-corrected chi connectivity index (χ1v) is 8.34. The molecular weight excluding hydrogens is 450 g/mol. The largest absolute Gasteiger partial charge is 0.276 e. The lowest BCUT2D eigenvalue weighted by atomic mass is 10.1. The quantitative estimate of drug-likeness (QED) is 0.440. The van der Waals surface area contributed by atoms with Crippen molar-refractivity contribution in [1.29, 1.82) is 0 Å². The average Bonchev–Trinajstić information content (AvgIpc) is 2.45. The summed E-state index contributed by atoms with van der Waals surface area (Å²) >= 11 is 40.2. The van der Waals surface area contributed by atoms with E-state index in [1.807, 2.05) is 0 Å². The summed E-state index contributed by atoms with van der Waals surface area (Å²) in [5, 5.41) is -0.649. The fraction of sp³-hybridized carbons (Fsp3) is 0.167. The molecule has 0 aliphatic rings. The Hall–Kier alpha value is -0.0700. The number of aromatic nitrogens is 3. The molecule has 23 heavy (non-hydrogen) atoms. The van der Waals surface area contributed by atoms with Crippen molar-refractivity contribution in [2.75, 3.05) is 0 Å². The van der Waals surface area contributed by atoms with Gasteiger partial charge in [0.25, 0.3) is 5.24 Å². The second-order valence-electron chi connectivity index (χ2n) is 4.16. The van der Waals surface area contributed by atoms with E-state index in [2.05, 4.69) is 15.0 Å². The van der Waals surface area contributed by atoms with Gasteiger partial charge in [-0.1, -0.05) is 87.8 Å². The van der Waals surface area contributed by atoms with Crippen molar-refractivity contribution in [3.8, 4) is 11.4 Å². The van der Waals surface area contributed by atoms with Crippen LogP contribution in [0.25, 0.3) is 11.4 Å². The average molecular weight is 454 g/mol. The van der Waals surface area contributed by atoms with Gasteiger partial charge in [0.2, 0.25) is 7.59 Å². The molecule has 4 nitrogen and oxygen atoms in total.